The monoisotopic (exact) mass is 264 g/mol. The number of hydrogen-bond donors (Lipinski definition) is 6. The molecular formula is C9H16N2O7. The highest BCUT2D eigenvalue weighted by Gasteiger charge is 2.30. The second kappa shape index (κ2) is 7.71. The lowest BCUT2D eigenvalue weighted by molar-refractivity contribution is -0.157. The molecule has 9 heteroatoms. The Balaban J connectivity index is 4.09. The second-order valence-electron chi connectivity index (χ2n) is 3.65. The molecule has 104 valence electrons. The number of aldehydes is 1. The lowest BCUT2D eigenvalue weighted by Gasteiger charge is -2.20. The molecule has 7 N–H and O–H groups in total. The van der Waals surface area contributed by atoms with Crippen molar-refractivity contribution in [2.75, 3.05) is 6.54 Å². The van der Waals surface area contributed by atoms with E-state index in [1.807, 2.05) is 0 Å². The number of aliphatic hydroxyl groups excluding tert-OH is 3. The number of nitrogens with one attached hydrogen (secondary N) is 1. The van der Waals surface area contributed by atoms with Crippen LogP contribution in [0.5, 0.6) is 0 Å². The first-order valence-electron chi connectivity index (χ1n) is 5.04. The fourth-order valence-corrected chi connectivity index (χ4v) is 1.03. The van der Waals surface area contributed by atoms with E-state index < -0.39 is 42.8 Å². The predicted molar refractivity (Wildman–Crippen MR) is 57.3 cm³/mol. The Morgan fingerprint density at radius 2 is 1.83 bits per heavy atom. The molecule has 0 aliphatic heterocycles. The fraction of sp³-hybridized carbons (Fsp3) is 0.667. The maximum absolute atomic E-state index is 11.1. The first-order chi connectivity index (χ1) is 8.29. The van der Waals surface area contributed by atoms with Crippen LogP contribution in [0.2, 0.25) is 0 Å². The average Bonchev–Trinajstić information content (AvgIpc) is 2.33. The third-order valence-corrected chi connectivity index (χ3v) is 2.07. The summed E-state index contributed by atoms with van der Waals surface area (Å²) in [6.45, 7) is -0.476. The Morgan fingerprint density at radius 1 is 1.28 bits per heavy atom. The molecule has 0 heterocycles. The second-order valence-corrected chi connectivity index (χ2v) is 3.65. The van der Waals surface area contributed by atoms with Crippen molar-refractivity contribution in [3.63, 3.8) is 0 Å². The van der Waals surface area contributed by atoms with Crippen LogP contribution in [0.3, 0.4) is 0 Å². The van der Waals surface area contributed by atoms with Gasteiger partial charge in [-0.15, -0.1) is 0 Å². The molecule has 0 aliphatic carbocycles. The van der Waals surface area contributed by atoms with Gasteiger partial charge in [-0.1, -0.05) is 0 Å². The standard InChI is InChI=1S/C9H16N2O7/c10-4(3-12)1-6(14)11-2-5(13)7(15)8(16)9(17)18/h3-5,7-8,13,15-16H,1-2,10H2,(H,11,14)(H,17,18)/t4-,5-,7+,8+/m0/s1. The molecule has 0 saturated heterocycles. The largest absolute Gasteiger partial charge is 0.479 e. The smallest absolute Gasteiger partial charge is 0.335 e. The normalized spacial score (nSPS) is 17.3. The van der Waals surface area contributed by atoms with Crippen molar-refractivity contribution in [1.82, 2.24) is 5.32 Å². The Bertz CT molecular complexity index is 309. The lowest BCUT2D eigenvalue weighted by Crippen LogP contribution is -2.47. The first kappa shape index (κ1) is 16.4. The molecule has 0 aliphatic rings. The summed E-state index contributed by atoms with van der Waals surface area (Å²) in [4.78, 5) is 31.6. The summed E-state index contributed by atoms with van der Waals surface area (Å²) in [5.41, 5.74) is 5.17. The molecular weight excluding hydrogens is 248 g/mol. The van der Waals surface area contributed by atoms with E-state index in [1.54, 1.807) is 0 Å². The third kappa shape index (κ3) is 5.68. The number of carboxylic acid groups (broad SMARTS) is 1. The van der Waals surface area contributed by atoms with Gasteiger partial charge in [0.25, 0.3) is 0 Å². The molecule has 0 radical (unpaired) electrons. The number of carboxylic acids is 1. The lowest BCUT2D eigenvalue weighted by atomic mass is 10.1. The Labute approximate surface area is 102 Å². The van der Waals surface area contributed by atoms with Gasteiger partial charge in [-0.05, 0) is 0 Å². The van der Waals surface area contributed by atoms with Crippen LogP contribution in [0, 0.1) is 0 Å². The summed E-state index contributed by atoms with van der Waals surface area (Å²) in [5, 5.41) is 37.9. The van der Waals surface area contributed by atoms with Crippen molar-refractivity contribution < 1.29 is 34.8 Å². The molecule has 0 fully saturated rings. The molecule has 4 atom stereocenters. The number of amides is 1. The predicted octanol–water partition coefficient (Wildman–Crippen LogP) is -3.81. The molecule has 9 nitrogen and oxygen atoms in total. The Hall–Kier alpha value is -1.55. The molecule has 0 aromatic carbocycles. The van der Waals surface area contributed by atoms with Gasteiger partial charge in [0.2, 0.25) is 5.91 Å². The quantitative estimate of drug-likeness (QED) is 0.242. The molecule has 18 heavy (non-hydrogen) atoms. The van der Waals surface area contributed by atoms with E-state index in [-0.39, 0.29) is 6.42 Å². The van der Waals surface area contributed by atoms with Crippen LogP contribution in [0.1, 0.15) is 6.42 Å². The van der Waals surface area contributed by atoms with Crippen molar-refractivity contribution >= 4 is 18.2 Å². The minimum atomic E-state index is -2.16. The topological polar surface area (TPSA) is 170 Å². The van der Waals surface area contributed by atoms with Gasteiger partial charge in [0.05, 0.1) is 6.04 Å². The molecule has 0 bridgehead atoms. The van der Waals surface area contributed by atoms with Crippen LogP contribution in [-0.2, 0) is 14.4 Å². The van der Waals surface area contributed by atoms with Crippen LogP contribution in [0.15, 0.2) is 0 Å². The van der Waals surface area contributed by atoms with Crippen LogP contribution >= 0.6 is 0 Å². The highest BCUT2D eigenvalue weighted by atomic mass is 16.4. The first-order valence-corrected chi connectivity index (χ1v) is 5.04. The molecule has 0 saturated carbocycles. The van der Waals surface area contributed by atoms with E-state index in [1.165, 1.54) is 0 Å². The van der Waals surface area contributed by atoms with Gasteiger partial charge < -0.3 is 36.3 Å². The van der Waals surface area contributed by atoms with Gasteiger partial charge >= 0.3 is 5.97 Å². The third-order valence-electron chi connectivity index (χ3n) is 2.07. The maximum atomic E-state index is 11.1. The summed E-state index contributed by atoms with van der Waals surface area (Å²) in [6, 6.07) is -0.975. The van der Waals surface area contributed by atoms with Gasteiger partial charge in [0.1, 0.15) is 18.5 Å². The highest BCUT2D eigenvalue weighted by Crippen LogP contribution is 2.00. The number of carbonyl (C=O) groups excluding carboxylic acids is 2. The van der Waals surface area contributed by atoms with E-state index in [4.69, 9.17) is 15.9 Å². The summed E-state index contributed by atoms with van der Waals surface area (Å²) in [5.74, 6) is -2.35. The van der Waals surface area contributed by atoms with Crippen molar-refractivity contribution in [2.24, 2.45) is 5.73 Å². The number of nitrogens with two attached hydrogens (primary N) is 1. The number of hydrogen-bond acceptors (Lipinski definition) is 7. The number of rotatable bonds is 8. The Kier molecular flexibility index (Phi) is 7.05. The maximum Gasteiger partial charge on any atom is 0.335 e. The van der Waals surface area contributed by atoms with E-state index >= 15 is 0 Å². The molecule has 0 rings (SSSR count). The number of aliphatic carboxylic acids is 1. The van der Waals surface area contributed by atoms with Crippen molar-refractivity contribution in [2.45, 2.75) is 30.8 Å². The van der Waals surface area contributed by atoms with Crippen LogP contribution in [-0.4, -0.2) is 69.5 Å². The number of aliphatic hydroxyl groups is 3. The van der Waals surface area contributed by atoms with E-state index in [0.29, 0.717) is 6.29 Å². The molecule has 0 aromatic heterocycles. The minimum absolute atomic E-state index is 0.298. The average molecular weight is 264 g/mol. The van der Waals surface area contributed by atoms with Gasteiger partial charge in [-0.3, -0.25) is 4.79 Å². The van der Waals surface area contributed by atoms with E-state index in [2.05, 4.69) is 5.32 Å². The zero-order valence-electron chi connectivity index (χ0n) is 9.39. The number of carbonyl (C=O) groups is 3. The molecule has 1 amide bonds. The minimum Gasteiger partial charge on any atom is -0.479 e. The Morgan fingerprint density at radius 3 is 2.28 bits per heavy atom. The summed E-state index contributed by atoms with van der Waals surface area (Å²) >= 11 is 0. The molecule has 0 aromatic rings. The van der Waals surface area contributed by atoms with Crippen LogP contribution in [0.4, 0.5) is 0 Å². The summed E-state index contributed by atoms with van der Waals surface area (Å²) < 4.78 is 0. The van der Waals surface area contributed by atoms with Crippen molar-refractivity contribution in [3.8, 4) is 0 Å². The summed E-state index contributed by atoms with van der Waals surface area (Å²) in [6.07, 6.45) is -5.68. The SMILES string of the molecule is N[C@H](C=O)CC(=O)NC[C@H](O)[C@@H](O)[C@@H](O)C(=O)O. The van der Waals surface area contributed by atoms with Gasteiger partial charge in [-0.25, -0.2) is 4.79 Å². The van der Waals surface area contributed by atoms with Crippen molar-refractivity contribution in [3.05, 3.63) is 0 Å². The molecule has 0 spiro atoms. The zero-order valence-corrected chi connectivity index (χ0v) is 9.39. The van der Waals surface area contributed by atoms with E-state index in [9.17, 15) is 24.6 Å². The van der Waals surface area contributed by atoms with Gasteiger partial charge in [0.15, 0.2) is 6.10 Å². The van der Waals surface area contributed by atoms with Gasteiger partial charge in [0, 0.05) is 13.0 Å². The van der Waals surface area contributed by atoms with Crippen molar-refractivity contribution in [1.29, 1.82) is 0 Å². The zero-order chi connectivity index (χ0) is 14.3. The summed E-state index contributed by atoms with van der Waals surface area (Å²) in [7, 11) is 0. The highest BCUT2D eigenvalue weighted by molar-refractivity contribution is 5.80. The van der Waals surface area contributed by atoms with Crippen LogP contribution in [0.25, 0.3) is 0 Å². The molecule has 0 unspecified atom stereocenters. The van der Waals surface area contributed by atoms with E-state index in [0.717, 1.165) is 0 Å². The van der Waals surface area contributed by atoms with Gasteiger partial charge in [-0.2, -0.15) is 0 Å². The van der Waals surface area contributed by atoms with Crippen LogP contribution < -0.4 is 11.1 Å². The fourth-order valence-electron chi connectivity index (χ4n) is 1.03.